The fraction of sp³-hybridized carbons (Fsp3) is 0.294. The molecule has 3 aliphatic rings. The summed E-state index contributed by atoms with van der Waals surface area (Å²) in [6.07, 6.45) is -2.71. The van der Waals surface area contributed by atoms with Crippen molar-refractivity contribution in [1.29, 1.82) is 0 Å². The lowest BCUT2D eigenvalue weighted by molar-refractivity contribution is -0.0449. The first kappa shape index (κ1) is 32.1. The molecule has 0 radical (unpaired) electrons. The van der Waals surface area contributed by atoms with Gasteiger partial charge >= 0.3 is 29.2 Å². The number of thioether (sulfide) groups is 4. The number of aromatic nitrogens is 2. The number of aliphatic hydroxyl groups excluding tert-OH is 1. The second-order valence-electron chi connectivity index (χ2n) is 7.58. The molecule has 0 aliphatic carbocycles. The van der Waals surface area contributed by atoms with Gasteiger partial charge in [-0.05, 0) is 16.2 Å². The molecule has 3 aliphatic heterocycles. The summed E-state index contributed by atoms with van der Waals surface area (Å²) in [7, 11) is -16.7. The van der Waals surface area contributed by atoms with Gasteiger partial charge in [0.2, 0.25) is 0 Å². The van der Waals surface area contributed by atoms with Crippen LogP contribution in [0.3, 0.4) is 0 Å². The van der Waals surface area contributed by atoms with Gasteiger partial charge in [0.05, 0.1) is 31.7 Å². The molecule has 7 N–H and O–H groups in total. The van der Waals surface area contributed by atoms with Gasteiger partial charge in [-0.1, -0.05) is 58.9 Å². The molecule has 1 saturated heterocycles. The van der Waals surface area contributed by atoms with Crippen LogP contribution in [0.1, 0.15) is 18.2 Å². The van der Waals surface area contributed by atoms with Gasteiger partial charge in [-0.3, -0.25) is 9.09 Å². The van der Waals surface area contributed by atoms with Crippen LogP contribution in [-0.4, -0.2) is 53.0 Å². The van der Waals surface area contributed by atoms with E-state index >= 15 is 0 Å². The number of phosphoric acid groups is 3. The zero-order valence-corrected chi connectivity index (χ0v) is 25.4. The molecule has 23 heteroatoms. The van der Waals surface area contributed by atoms with Crippen molar-refractivity contribution in [1.82, 2.24) is 9.55 Å². The molecule has 0 spiro atoms. The van der Waals surface area contributed by atoms with Crippen LogP contribution in [0.5, 0.6) is 0 Å². The van der Waals surface area contributed by atoms with Gasteiger partial charge in [-0.15, -0.1) is 0 Å². The number of nitrogens with zero attached hydrogens (tertiary/aromatic N) is 2. The monoisotopic (exact) mass is 693 g/mol. The lowest BCUT2D eigenvalue weighted by atomic mass is 10.2. The van der Waals surface area contributed by atoms with E-state index in [2.05, 4.69) is 30.0 Å². The third kappa shape index (κ3) is 8.85. The molecular weight excluding hydrogens is 675 g/mol. The molecule has 16 nitrogen and oxygen atoms in total. The van der Waals surface area contributed by atoms with Crippen LogP contribution < -0.4 is 11.4 Å². The molecule has 1 aromatic rings. The maximum atomic E-state index is 12.5. The Hall–Kier alpha value is -0.810. The third-order valence-electron chi connectivity index (χ3n) is 4.68. The average molecular weight is 694 g/mol. The van der Waals surface area contributed by atoms with E-state index in [9.17, 15) is 33.4 Å². The number of ether oxygens (including phenoxy) is 1. The topological polar surface area (TPSA) is 250 Å². The molecule has 0 amide bonds. The zero-order valence-electron chi connectivity index (χ0n) is 19.4. The maximum absolute atomic E-state index is 12.5. The fourth-order valence-electron chi connectivity index (χ4n) is 3.12. The minimum atomic E-state index is -5.71. The van der Waals surface area contributed by atoms with E-state index in [1.165, 1.54) is 18.0 Å². The highest BCUT2D eigenvalue weighted by atomic mass is 32.2. The Balaban J connectivity index is 1.41. The zero-order chi connectivity index (χ0) is 29.3. The van der Waals surface area contributed by atoms with E-state index in [0.29, 0.717) is 0 Å². The highest BCUT2D eigenvalue weighted by Gasteiger charge is 2.43. The van der Waals surface area contributed by atoms with Crippen molar-refractivity contribution in [2.75, 3.05) is 12.3 Å². The number of aliphatic hydroxyl groups is 1. The molecule has 1 aromatic heterocycles. The Labute approximate surface area is 242 Å². The molecule has 0 saturated carbocycles. The van der Waals surface area contributed by atoms with Gasteiger partial charge in [0.1, 0.15) is 18.1 Å². The number of hydrogen-bond acceptors (Lipinski definition) is 15. The molecule has 0 aromatic carbocycles. The van der Waals surface area contributed by atoms with Crippen LogP contribution in [0.2, 0.25) is 0 Å². The Bertz CT molecular complexity index is 1540. The molecule has 218 valence electrons. The first-order valence-corrected chi connectivity index (χ1v) is 18.4. The number of anilines is 1. The molecule has 4 heterocycles. The standard InChI is InChI=1S/C17H18N3O13P3S4/c18-14-9(1-2-10-8-39-16(40-10)15-37-3-4-38-15)6-20(17(22)19-14)13-5-11(21)12(31-13)7-30-35(26,27)33-36(28,29)32-34(23,24)25/h3-4,6,8,11-13,21H,5,7H2,(H,26,27)(H,28,29)(H2,18,19,22)(H2,23,24,25)/t11-,12+,13+/m0/s1. The van der Waals surface area contributed by atoms with Crippen molar-refractivity contribution in [2.24, 2.45) is 0 Å². The number of allylic oxidation sites excluding steroid dienone is 1. The molecule has 40 heavy (non-hydrogen) atoms. The second kappa shape index (κ2) is 12.8. The number of phosphoric ester groups is 1. The van der Waals surface area contributed by atoms with Gasteiger partial charge < -0.3 is 35.2 Å². The van der Waals surface area contributed by atoms with E-state index in [0.717, 1.165) is 17.9 Å². The Kier molecular flexibility index (Phi) is 10.3. The largest absolute Gasteiger partial charge is 0.490 e. The van der Waals surface area contributed by atoms with Crippen molar-refractivity contribution in [3.05, 3.63) is 51.8 Å². The summed E-state index contributed by atoms with van der Waals surface area (Å²) in [6.45, 7) is -0.891. The Morgan fingerprint density at radius 1 is 1.07 bits per heavy atom. The predicted molar refractivity (Wildman–Crippen MR) is 149 cm³/mol. The predicted octanol–water partition coefficient (Wildman–Crippen LogP) is 2.57. The summed E-state index contributed by atoms with van der Waals surface area (Å²) in [5, 5.41) is 16.2. The van der Waals surface area contributed by atoms with Gasteiger partial charge in [-0.2, -0.15) is 13.6 Å². The molecule has 5 atom stereocenters. The minimum Gasteiger partial charge on any atom is -0.390 e. The second-order valence-corrected chi connectivity index (χ2v) is 16.3. The van der Waals surface area contributed by atoms with E-state index in [-0.39, 0.29) is 17.8 Å². The number of rotatable bonds is 8. The average Bonchev–Trinajstić information content (AvgIpc) is 3.56. The van der Waals surface area contributed by atoms with Crippen molar-refractivity contribution in [3.63, 3.8) is 0 Å². The van der Waals surface area contributed by atoms with E-state index in [1.54, 1.807) is 35.3 Å². The molecule has 2 unspecified atom stereocenters. The smallest absolute Gasteiger partial charge is 0.390 e. The molecular formula is C17H18N3O13P3S4. The summed E-state index contributed by atoms with van der Waals surface area (Å²) < 4.78 is 54.7. The lowest BCUT2D eigenvalue weighted by Crippen LogP contribution is -2.29. The van der Waals surface area contributed by atoms with Crippen molar-refractivity contribution in [2.45, 2.75) is 24.9 Å². The summed E-state index contributed by atoms with van der Waals surface area (Å²) in [5.74, 6) is 5.71. The fourth-order valence-corrected chi connectivity index (χ4v) is 10.4. The van der Waals surface area contributed by atoms with Gasteiger partial charge in [0.25, 0.3) is 0 Å². The highest BCUT2D eigenvalue weighted by molar-refractivity contribution is 8.33. The number of nitrogens with two attached hydrogens (primary N) is 1. The highest BCUT2D eigenvalue weighted by Crippen LogP contribution is 2.66. The number of hydrogen-bond donors (Lipinski definition) is 6. The maximum Gasteiger partial charge on any atom is 0.490 e. The lowest BCUT2D eigenvalue weighted by Gasteiger charge is -2.19. The van der Waals surface area contributed by atoms with E-state index in [4.69, 9.17) is 20.3 Å². The Morgan fingerprint density at radius 2 is 1.77 bits per heavy atom. The van der Waals surface area contributed by atoms with Crippen LogP contribution >= 0.6 is 70.5 Å². The van der Waals surface area contributed by atoms with Crippen LogP contribution in [0.15, 0.2) is 40.6 Å². The van der Waals surface area contributed by atoms with E-state index < -0.39 is 54.2 Å². The van der Waals surface area contributed by atoms with Crippen molar-refractivity contribution >= 4 is 76.3 Å². The normalized spacial score (nSPS) is 25.8. The van der Waals surface area contributed by atoms with Crippen LogP contribution in [-0.2, 0) is 31.6 Å². The summed E-state index contributed by atoms with van der Waals surface area (Å²) in [5.41, 5.74) is 5.25. The summed E-state index contributed by atoms with van der Waals surface area (Å²) in [6, 6.07) is 0. The minimum absolute atomic E-state index is 0.127. The molecule has 0 bridgehead atoms. The number of nitrogen functional groups attached to an aromatic ring is 1. The van der Waals surface area contributed by atoms with Gasteiger partial charge in [0, 0.05) is 12.6 Å². The van der Waals surface area contributed by atoms with Crippen molar-refractivity contribution in [3.8, 4) is 11.8 Å². The van der Waals surface area contributed by atoms with E-state index in [1.807, 2.05) is 16.2 Å². The van der Waals surface area contributed by atoms with Crippen LogP contribution in [0.25, 0.3) is 0 Å². The SMILES string of the molecule is Nc1nc(=O)n([C@H]2C[C@H](O)[C@@H](COP(=O)(O)OP(=O)(O)OP(=O)(O)O)O2)cc1C#CC1=CSC(=C2SC=CS2)S1. The first-order chi connectivity index (χ1) is 18.6. The quantitative estimate of drug-likeness (QED) is 0.169. The molecule has 1 fully saturated rings. The first-order valence-electron chi connectivity index (χ1n) is 10.4. The Morgan fingerprint density at radius 3 is 2.45 bits per heavy atom. The van der Waals surface area contributed by atoms with Crippen LogP contribution in [0, 0.1) is 11.8 Å². The van der Waals surface area contributed by atoms with Gasteiger partial charge in [-0.25, -0.2) is 18.5 Å². The third-order valence-corrected chi connectivity index (χ3v) is 13.4. The summed E-state index contributed by atoms with van der Waals surface area (Å²) >= 11 is 6.27. The van der Waals surface area contributed by atoms with Crippen molar-refractivity contribution < 1.29 is 56.3 Å². The van der Waals surface area contributed by atoms with Crippen LogP contribution in [0.4, 0.5) is 5.82 Å². The summed E-state index contributed by atoms with van der Waals surface area (Å²) in [4.78, 5) is 53.0. The molecule has 4 rings (SSSR count). The van der Waals surface area contributed by atoms with Gasteiger partial charge in [0.15, 0.2) is 0 Å².